The highest BCUT2D eigenvalue weighted by atomic mass is 16.5. The van der Waals surface area contributed by atoms with Crippen molar-refractivity contribution < 1.29 is 18.9 Å². The van der Waals surface area contributed by atoms with Gasteiger partial charge in [0, 0.05) is 5.69 Å². The molecule has 0 radical (unpaired) electrons. The predicted octanol–water partition coefficient (Wildman–Crippen LogP) is 1.51. The van der Waals surface area contributed by atoms with Gasteiger partial charge in [0.1, 0.15) is 5.69 Å². The standard InChI is InChI=1S/C13H10N4O4/c1-6-10(5-14-21-6)16-13(20)15-7-2-3-8-9(4-7)12(19)17-11(8)18/h2-5H,1H3,(H2,15,16,20)(H,17,18,19). The molecule has 0 saturated carbocycles. The smallest absolute Gasteiger partial charge is 0.323 e. The summed E-state index contributed by atoms with van der Waals surface area (Å²) in [6.45, 7) is 1.66. The van der Waals surface area contributed by atoms with Crippen LogP contribution in [0, 0.1) is 6.92 Å². The van der Waals surface area contributed by atoms with Gasteiger partial charge in [-0.1, -0.05) is 5.16 Å². The van der Waals surface area contributed by atoms with Crippen molar-refractivity contribution in [2.75, 3.05) is 10.6 Å². The molecule has 0 aliphatic carbocycles. The highest BCUT2D eigenvalue weighted by Gasteiger charge is 2.26. The van der Waals surface area contributed by atoms with Crippen LogP contribution in [0.3, 0.4) is 0 Å². The van der Waals surface area contributed by atoms with E-state index in [1.807, 2.05) is 0 Å². The Morgan fingerprint density at radius 3 is 2.67 bits per heavy atom. The van der Waals surface area contributed by atoms with Crippen molar-refractivity contribution in [1.29, 1.82) is 0 Å². The Kier molecular flexibility index (Phi) is 2.90. The summed E-state index contributed by atoms with van der Waals surface area (Å²) >= 11 is 0. The number of anilines is 2. The topological polar surface area (TPSA) is 113 Å². The highest BCUT2D eigenvalue weighted by molar-refractivity contribution is 6.22. The first-order valence-electron chi connectivity index (χ1n) is 6.03. The lowest BCUT2D eigenvalue weighted by molar-refractivity contribution is 0.0879. The average Bonchev–Trinajstić information content (AvgIpc) is 2.95. The number of fused-ring (bicyclic) bond motifs is 1. The van der Waals surface area contributed by atoms with Gasteiger partial charge in [-0.3, -0.25) is 14.9 Å². The lowest BCUT2D eigenvalue weighted by Crippen LogP contribution is -2.20. The van der Waals surface area contributed by atoms with Gasteiger partial charge in [-0.25, -0.2) is 4.79 Å². The molecule has 1 aromatic carbocycles. The van der Waals surface area contributed by atoms with E-state index in [0.29, 0.717) is 22.7 Å². The fraction of sp³-hybridized carbons (Fsp3) is 0.0769. The van der Waals surface area contributed by atoms with Crippen molar-refractivity contribution in [3.05, 3.63) is 41.3 Å². The Bertz CT molecular complexity index is 765. The second-order valence-corrected chi connectivity index (χ2v) is 4.42. The van der Waals surface area contributed by atoms with Crippen LogP contribution in [0.4, 0.5) is 16.2 Å². The number of benzene rings is 1. The van der Waals surface area contributed by atoms with Crippen LogP contribution >= 0.6 is 0 Å². The van der Waals surface area contributed by atoms with Crippen molar-refractivity contribution in [2.24, 2.45) is 0 Å². The summed E-state index contributed by atoms with van der Waals surface area (Å²) in [4.78, 5) is 34.8. The summed E-state index contributed by atoms with van der Waals surface area (Å²) in [7, 11) is 0. The van der Waals surface area contributed by atoms with E-state index in [9.17, 15) is 14.4 Å². The molecule has 1 aliphatic rings. The van der Waals surface area contributed by atoms with Crippen molar-refractivity contribution in [2.45, 2.75) is 6.92 Å². The molecule has 4 amide bonds. The maximum atomic E-state index is 11.8. The normalized spacial score (nSPS) is 12.8. The van der Waals surface area contributed by atoms with Crippen molar-refractivity contribution in [3.8, 4) is 0 Å². The van der Waals surface area contributed by atoms with Gasteiger partial charge in [-0.15, -0.1) is 0 Å². The van der Waals surface area contributed by atoms with E-state index in [2.05, 4.69) is 21.1 Å². The van der Waals surface area contributed by atoms with E-state index in [4.69, 9.17) is 4.52 Å². The molecule has 1 aliphatic heterocycles. The third-order valence-electron chi connectivity index (χ3n) is 2.99. The lowest BCUT2D eigenvalue weighted by Gasteiger charge is -2.07. The van der Waals surface area contributed by atoms with Crippen LogP contribution in [-0.4, -0.2) is 23.0 Å². The number of nitrogens with one attached hydrogen (secondary N) is 3. The third kappa shape index (κ3) is 2.34. The van der Waals surface area contributed by atoms with Crippen molar-refractivity contribution in [1.82, 2.24) is 10.5 Å². The number of nitrogens with zero attached hydrogens (tertiary/aromatic N) is 1. The van der Waals surface area contributed by atoms with Gasteiger partial charge >= 0.3 is 6.03 Å². The van der Waals surface area contributed by atoms with Gasteiger partial charge in [0.15, 0.2) is 5.76 Å². The lowest BCUT2D eigenvalue weighted by atomic mass is 10.1. The second-order valence-electron chi connectivity index (χ2n) is 4.42. The average molecular weight is 286 g/mol. The molecule has 1 aromatic heterocycles. The van der Waals surface area contributed by atoms with Crippen molar-refractivity contribution in [3.63, 3.8) is 0 Å². The second kappa shape index (κ2) is 4.75. The first kappa shape index (κ1) is 12.9. The Morgan fingerprint density at radius 2 is 1.95 bits per heavy atom. The van der Waals surface area contributed by atoms with Gasteiger partial charge in [0.25, 0.3) is 11.8 Å². The van der Waals surface area contributed by atoms with Gasteiger partial charge in [0.2, 0.25) is 0 Å². The molecule has 0 bridgehead atoms. The minimum atomic E-state index is -0.508. The minimum absolute atomic E-state index is 0.235. The zero-order valence-electron chi connectivity index (χ0n) is 10.9. The Hall–Kier alpha value is -3.16. The number of hydrogen-bond donors (Lipinski definition) is 3. The maximum absolute atomic E-state index is 11.8. The molecule has 2 heterocycles. The minimum Gasteiger partial charge on any atom is -0.359 e. The molecule has 8 nitrogen and oxygen atoms in total. The molecule has 0 saturated heterocycles. The van der Waals surface area contributed by atoms with Crippen LogP contribution in [0.1, 0.15) is 26.5 Å². The molecule has 0 spiro atoms. The largest absolute Gasteiger partial charge is 0.359 e. The Labute approximate surface area is 118 Å². The molecule has 0 fully saturated rings. The zero-order chi connectivity index (χ0) is 15.0. The molecule has 0 atom stereocenters. The summed E-state index contributed by atoms with van der Waals surface area (Å²) < 4.78 is 4.82. The van der Waals surface area contributed by atoms with E-state index in [1.165, 1.54) is 24.4 Å². The fourth-order valence-electron chi connectivity index (χ4n) is 1.95. The number of amides is 4. The number of urea groups is 1. The number of imide groups is 1. The molecule has 3 rings (SSSR count). The zero-order valence-corrected chi connectivity index (χ0v) is 10.9. The number of aromatic nitrogens is 1. The van der Waals surface area contributed by atoms with Gasteiger partial charge in [-0.2, -0.15) is 0 Å². The summed E-state index contributed by atoms with van der Waals surface area (Å²) in [5.74, 6) is -0.441. The first-order chi connectivity index (χ1) is 10.0. The Morgan fingerprint density at radius 1 is 1.19 bits per heavy atom. The molecule has 0 unspecified atom stereocenters. The number of hydrogen-bond acceptors (Lipinski definition) is 5. The van der Waals surface area contributed by atoms with Crippen molar-refractivity contribution >= 4 is 29.2 Å². The van der Waals surface area contributed by atoms with Crippen LogP contribution in [0.15, 0.2) is 28.9 Å². The fourth-order valence-corrected chi connectivity index (χ4v) is 1.95. The van der Waals surface area contributed by atoms with Crippen LogP contribution < -0.4 is 16.0 Å². The molecule has 8 heteroatoms. The van der Waals surface area contributed by atoms with E-state index in [0.717, 1.165) is 0 Å². The summed E-state index contributed by atoms with van der Waals surface area (Å²) in [6.07, 6.45) is 1.38. The van der Waals surface area contributed by atoms with E-state index >= 15 is 0 Å². The number of carbonyl (C=O) groups is 3. The Balaban J connectivity index is 1.76. The molecule has 106 valence electrons. The van der Waals surface area contributed by atoms with Crippen LogP contribution in [0.5, 0.6) is 0 Å². The molecular formula is C13H10N4O4. The summed E-state index contributed by atoms with van der Waals surface area (Å²) in [5.41, 5.74) is 1.37. The maximum Gasteiger partial charge on any atom is 0.323 e. The van der Waals surface area contributed by atoms with E-state index in [-0.39, 0.29) is 5.56 Å². The van der Waals surface area contributed by atoms with Gasteiger partial charge in [0.05, 0.1) is 17.3 Å². The number of aryl methyl sites for hydroxylation is 1. The molecular weight excluding hydrogens is 276 g/mol. The van der Waals surface area contributed by atoms with E-state index < -0.39 is 17.8 Å². The third-order valence-corrected chi connectivity index (χ3v) is 2.99. The highest BCUT2D eigenvalue weighted by Crippen LogP contribution is 2.20. The first-order valence-corrected chi connectivity index (χ1v) is 6.03. The number of rotatable bonds is 2. The van der Waals surface area contributed by atoms with Crippen LogP contribution in [0.2, 0.25) is 0 Å². The SMILES string of the molecule is Cc1oncc1NC(=O)Nc1ccc2c(c1)C(=O)NC2=O. The van der Waals surface area contributed by atoms with Gasteiger partial charge in [-0.05, 0) is 25.1 Å². The van der Waals surface area contributed by atoms with Crippen LogP contribution in [0.25, 0.3) is 0 Å². The monoisotopic (exact) mass is 286 g/mol. The van der Waals surface area contributed by atoms with Crippen LogP contribution in [-0.2, 0) is 0 Å². The summed E-state index contributed by atoms with van der Waals surface area (Å²) in [6, 6.07) is 3.95. The predicted molar refractivity (Wildman–Crippen MR) is 72.1 cm³/mol. The molecule has 2 aromatic rings. The molecule has 21 heavy (non-hydrogen) atoms. The van der Waals surface area contributed by atoms with Gasteiger partial charge < -0.3 is 15.2 Å². The quantitative estimate of drug-likeness (QED) is 0.724. The molecule has 3 N–H and O–H groups in total. The van der Waals surface area contributed by atoms with E-state index in [1.54, 1.807) is 6.92 Å². The summed E-state index contributed by atoms with van der Waals surface area (Å²) in [5, 5.41) is 10.8. The number of carbonyl (C=O) groups excluding carboxylic acids is 3.